The summed E-state index contributed by atoms with van der Waals surface area (Å²) in [7, 11) is 0. The zero-order valence-corrected chi connectivity index (χ0v) is 46.2. The highest BCUT2D eigenvalue weighted by atomic mass is 16.6. The predicted octanol–water partition coefficient (Wildman–Crippen LogP) is 20.5. The smallest absolute Gasteiger partial charge is 0.306 e. The molecule has 0 aromatic carbocycles. The Morgan fingerprint density at radius 3 is 0.735 bits per heavy atom. The van der Waals surface area contributed by atoms with Crippen LogP contribution in [0.25, 0.3) is 0 Å². The molecule has 0 fully saturated rings. The summed E-state index contributed by atoms with van der Waals surface area (Å²) < 4.78 is 16.7. The van der Waals surface area contributed by atoms with Crippen LogP contribution in [-0.4, -0.2) is 37.2 Å². The van der Waals surface area contributed by atoms with Crippen LogP contribution in [0.5, 0.6) is 0 Å². The molecule has 6 nitrogen and oxygen atoms in total. The van der Waals surface area contributed by atoms with Crippen LogP contribution in [0.1, 0.15) is 348 Å². The molecule has 0 saturated heterocycles. The van der Waals surface area contributed by atoms with E-state index in [1.54, 1.807) is 0 Å². The van der Waals surface area contributed by atoms with Gasteiger partial charge in [-0.1, -0.05) is 296 Å². The van der Waals surface area contributed by atoms with Crippen molar-refractivity contribution in [1.82, 2.24) is 0 Å². The summed E-state index contributed by atoms with van der Waals surface area (Å²) in [5.41, 5.74) is 0. The molecule has 0 bridgehead atoms. The first-order valence-corrected chi connectivity index (χ1v) is 30.7. The van der Waals surface area contributed by atoms with Gasteiger partial charge >= 0.3 is 17.9 Å². The van der Waals surface area contributed by atoms with Gasteiger partial charge in [-0.3, -0.25) is 14.4 Å². The second kappa shape index (κ2) is 57.7. The molecule has 1 atom stereocenters. The molecule has 402 valence electrons. The standard InChI is InChI=1S/C62H118O6/c1-4-7-10-13-15-17-19-21-23-24-25-26-27-28-29-30-31-32-33-34-35-36-37-39-40-42-44-46-49-52-55-61(64)67-58-59(57-66-60(63)54-51-48-12-9-6-3)68-62(65)56-53-50-47-45-43-41-38-22-20-18-16-14-11-8-5-2/h22,38,59H,4-21,23-37,39-58H2,1-3H3/b38-22-. The number of hydrogen-bond donors (Lipinski definition) is 0. The van der Waals surface area contributed by atoms with E-state index in [1.807, 2.05) is 0 Å². The summed E-state index contributed by atoms with van der Waals surface area (Å²) in [6.07, 6.45) is 67.1. The topological polar surface area (TPSA) is 78.9 Å². The van der Waals surface area contributed by atoms with Crippen LogP contribution in [0.2, 0.25) is 0 Å². The summed E-state index contributed by atoms with van der Waals surface area (Å²) in [6, 6.07) is 0. The van der Waals surface area contributed by atoms with Gasteiger partial charge in [0.05, 0.1) is 0 Å². The maximum atomic E-state index is 12.8. The minimum atomic E-state index is -0.767. The normalized spacial score (nSPS) is 12.0. The summed E-state index contributed by atoms with van der Waals surface area (Å²) in [4.78, 5) is 37.8. The Labute approximate surface area is 424 Å². The van der Waals surface area contributed by atoms with Gasteiger partial charge in [-0.2, -0.15) is 0 Å². The summed E-state index contributed by atoms with van der Waals surface area (Å²) in [5, 5.41) is 0. The lowest BCUT2D eigenvalue weighted by molar-refractivity contribution is -0.167. The number of unbranched alkanes of at least 4 members (excludes halogenated alkanes) is 44. The lowest BCUT2D eigenvalue weighted by Crippen LogP contribution is -2.30. The Kier molecular flexibility index (Phi) is 56.2. The quantitative estimate of drug-likeness (QED) is 0.0262. The average Bonchev–Trinajstić information content (AvgIpc) is 3.34. The van der Waals surface area contributed by atoms with Crippen molar-refractivity contribution in [2.24, 2.45) is 0 Å². The zero-order valence-electron chi connectivity index (χ0n) is 46.2. The number of ether oxygens (including phenoxy) is 3. The Hall–Kier alpha value is -1.85. The van der Waals surface area contributed by atoms with Gasteiger partial charge in [0.25, 0.3) is 0 Å². The molecule has 0 N–H and O–H groups in total. The van der Waals surface area contributed by atoms with Crippen molar-refractivity contribution in [3.63, 3.8) is 0 Å². The molecular formula is C62H118O6. The van der Waals surface area contributed by atoms with Gasteiger partial charge in [0.15, 0.2) is 6.10 Å². The largest absolute Gasteiger partial charge is 0.462 e. The summed E-state index contributed by atoms with van der Waals surface area (Å²) in [5.74, 6) is -0.872. The molecule has 0 aromatic heterocycles. The molecule has 68 heavy (non-hydrogen) atoms. The zero-order chi connectivity index (χ0) is 49.3. The molecule has 0 aromatic rings. The average molecular weight is 960 g/mol. The summed E-state index contributed by atoms with van der Waals surface area (Å²) >= 11 is 0. The van der Waals surface area contributed by atoms with Gasteiger partial charge in [0.1, 0.15) is 13.2 Å². The Morgan fingerprint density at radius 1 is 0.279 bits per heavy atom. The van der Waals surface area contributed by atoms with Gasteiger partial charge in [-0.05, 0) is 44.9 Å². The van der Waals surface area contributed by atoms with Crippen LogP contribution in [0.3, 0.4) is 0 Å². The van der Waals surface area contributed by atoms with Crippen molar-refractivity contribution in [1.29, 1.82) is 0 Å². The second-order valence-corrected chi connectivity index (χ2v) is 21.0. The molecular weight excluding hydrogens is 841 g/mol. The lowest BCUT2D eigenvalue weighted by atomic mass is 10.0. The van der Waals surface area contributed by atoms with E-state index < -0.39 is 6.10 Å². The molecule has 0 aliphatic carbocycles. The van der Waals surface area contributed by atoms with Gasteiger partial charge in [0.2, 0.25) is 0 Å². The third kappa shape index (κ3) is 55.1. The van der Waals surface area contributed by atoms with Crippen molar-refractivity contribution < 1.29 is 28.6 Å². The van der Waals surface area contributed by atoms with E-state index in [2.05, 4.69) is 32.9 Å². The molecule has 0 spiro atoms. The van der Waals surface area contributed by atoms with E-state index in [-0.39, 0.29) is 31.1 Å². The highest BCUT2D eigenvalue weighted by molar-refractivity contribution is 5.71. The minimum Gasteiger partial charge on any atom is -0.462 e. The number of carbonyl (C=O) groups is 3. The first kappa shape index (κ1) is 66.2. The predicted molar refractivity (Wildman–Crippen MR) is 293 cm³/mol. The fraction of sp³-hybridized carbons (Fsp3) is 0.919. The molecule has 0 saturated carbocycles. The van der Waals surface area contributed by atoms with Crippen molar-refractivity contribution in [2.45, 2.75) is 354 Å². The van der Waals surface area contributed by atoms with Crippen molar-refractivity contribution in [2.75, 3.05) is 13.2 Å². The Balaban J connectivity index is 3.90. The van der Waals surface area contributed by atoms with Crippen LogP contribution < -0.4 is 0 Å². The molecule has 0 aliphatic rings. The van der Waals surface area contributed by atoms with E-state index in [9.17, 15) is 14.4 Å². The minimum absolute atomic E-state index is 0.0691. The molecule has 0 radical (unpaired) electrons. The van der Waals surface area contributed by atoms with Gasteiger partial charge in [-0.25, -0.2) is 0 Å². The van der Waals surface area contributed by atoms with E-state index in [4.69, 9.17) is 14.2 Å². The van der Waals surface area contributed by atoms with Gasteiger partial charge < -0.3 is 14.2 Å². The Morgan fingerprint density at radius 2 is 0.485 bits per heavy atom. The van der Waals surface area contributed by atoms with E-state index in [0.717, 1.165) is 70.6 Å². The molecule has 0 amide bonds. The monoisotopic (exact) mass is 959 g/mol. The van der Waals surface area contributed by atoms with Gasteiger partial charge in [0, 0.05) is 19.3 Å². The highest BCUT2D eigenvalue weighted by Crippen LogP contribution is 2.18. The highest BCUT2D eigenvalue weighted by Gasteiger charge is 2.19. The van der Waals surface area contributed by atoms with Gasteiger partial charge in [-0.15, -0.1) is 0 Å². The van der Waals surface area contributed by atoms with Crippen molar-refractivity contribution in [3.8, 4) is 0 Å². The van der Waals surface area contributed by atoms with E-state index in [1.165, 1.54) is 238 Å². The SMILES string of the molecule is CCCCCCCC/C=C\CCCCCCCC(=O)OC(COC(=O)CCCCCCC)COC(=O)CCCCCCCCCCCCCCCCCCCCCCCCCCCCCCCC. The molecule has 0 aliphatic heterocycles. The molecule has 6 heteroatoms. The van der Waals surface area contributed by atoms with Crippen LogP contribution in [0.15, 0.2) is 12.2 Å². The Bertz CT molecular complexity index is 1060. The van der Waals surface area contributed by atoms with Crippen molar-refractivity contribution in [3.05, 3.63) is 12.2 Å². The third-order valence-corrected chi connectivity index (χ3v) is 14.0. The fourth-order valence-corrected chi connectivity index (χ4v) is 9.38. The fourth-order valence-electron chi connectivity index (χ4n) is 9.38. The maximum Gasteiger partial charge on any atom is 0.306 e. The van der Waals surface area contributed by atoms with Crippen LogP contribution in [0, 0.1) is 0 Å². The second-order valence-electron chi connectivity index (χ2n) is 21.0. The number of carbonyl (C=O) groups excluding carboxylic acids is 3. The molecule has 0 rings (SSSR count). The van der Waals surface area contributed by atoms with E-state index in [0.29, 0.717) is 19.3 Å². The molecule has 0 heterocycles. The third-order valence-electron chi connectivity index (χ3n) is 14.0. The summed E-state index contributed by atoms with van der Waals surface area (Å²) in [6.45, 7) is 6.60. The number of esters is 3. The lowest BCUT2D eigenvalue weighted by Gasteiger charge is -2.18. The first-order valence-electron chi connectivity index (χ1n) is 30.7. The maximum absolute atomic E-state index is 12.8. The van der Waals surface area contributed by atoms with E-state index >= 15 is 0 Å². The van der Waals surface area contributed by atoms with Crippen molar-refractivity contribution >= 4 is 17.9 Å². The molecule has 1 unspecified atom stereocenters. The van der Waals surface area contributed by atoms with Crippen LogP contribution in [0.4, 0.5) is 0 Å². The number of allylic oxidation sites excluding steroid dienone is 2. The van der Waals surface area contributed by atoms with Crippen LogP contribution in [-0.2, 0) is 28.6 Å². The van der Waals surface area contributed by atoms with Crippen LogP contribution >= 0.6 is 0 Å². The number of rotatable bonds is 57. The number of hydrogen-bond acceptors (Lipinski definition) is 6. The first-order chi connectivity index (χ1) is 33.5.